The minimum Gasteiger partial charge on any atom is -0.463 e. The molecule has 0 aliphatic carbocycles. The summed E-state index contributed by atoms with van der Waals surface area (Å²) in [5.41, 5.74) is 0.998. The molecule has 32 heavy (non-hydrogen) atoms. The van der Waals surface area contributed by atoms with Gasteiger partial charge in [0.1, 0.15) is 6.61 Å². The van der Waals surface area contributed by atoms with Crippen LogP contribution >= 0.6 is 0 Å². The minimum absolute atomic E-state index is 0.00209. The van der Waals surface area contributed by atoms with Gasteiger partial charge in [0.25, 0.3) is 0 Å². The van der Waals surface area contributed by atoms with Crippen molar-refractivity contribution in [3.05, 3.63) is 48.0 Å². The van der Waals surface area contributed by atoms with Gasteiger partial charge in [-0.3, -0.25) is 14.4 Å². The van der Waals surface area contributed by atoms with Gasteiger partial charge < -0.3 is 25.2 Å². The molecule has 3 N–H and O–H groups in total. The van der Waals surface area contributed by atoms with E-state index in [1.807, 2.05) is 42.5 Å². The molecular formula is C24H34N2O6. The largest absolute Gasteiger partial charge is 0.463 e. The van der Waals surface area contributed by atoms with Crippen LogP contribution in [0.15, 0.2) is 42.5 Å². The Morgan fingerprint density at radius 3 is 2.81 bits per heavy atom. The van der Waals surface area contributed by atoms with Crippen LogP contribution in [0.3, 0.4) is 0 Å². The maximum absolute atomic E-state index is 13.0. The Balaban J connectivity index is 2.02. The number of hydrogen-bond donors (Lipinski definition) is 3. The third-order valence-corrected chi connectivity index (χ3v) is 5.05. The maximum Gasteiger partial charge on any atom is 0.305 e. The maximum atomic E-state index is 13.0. The summed E-state index contributed by atoms with van der Waals surface area (Å²) in [4.78, 5) is 37.2. The van der Waals surface area contributed by atoms with Gasteiger partial charge >= 0.3 is 5.97 Å². The second kappa shape index (κ2) is 14.4. The number of carbonyl (C=O) groups excluding carboxylic acids is 3. The van der Waals surface area contributed by atoms with Gasteiger partial charge in [-0.25, -0.2) is 0 Å². The fourth-order valence-corrected chi connectivity index (χ4v) is 3.24. The number of aliphatic hydroxyl groups is 1. The highest BCUT2D eigenvalue weighted by atomic mass is 16.5. The normalized spacial score (nSPS) is 21.3. The topological polar surface area (TPSA) is 114 Å². The molecule has 8 heteroatoms. The van der Waals surface area contributed by atoms with Crippen LogP contribution in [0.1, 0.15) is 44.6 Å². The Labute approximate surface area is 189 Å². The zero-order valence-corrected chi connectivity index (χ0v) is 18.6. The number of esters is 1. The number of cyclic esters (lactones) is 1. The van der Waals surface area contributed by atoms with E-state index >= 15 is 0 Å². The molecular weight excluding hydrogens is 412 g/mol. The Kier molecular flexibility index (Phi) is 11.5. The number of rotatable bonds is 8. The average Bonchev–Trinajstić information content (AvgIpc) is 2.79. The quantitative estimate of drug-likeness (QED) is 0.415. The Morgan fingerprint density at radius 2 is 2.06 bits per heavy atom. The molecule has 1 heterocycles. The predicted molar refractivity (Wildman–Crippen MR) is 119 cm³/mol. The zero-order chi connectivity index (χ0) is 23.2. The van der Waals surface area contributed by atoms with Gasteiger partial charge in [-0.15, -0.1) is 0 Å². The summed E-state index contributed by atoms with van der Waals surface area (Å²) in [5.74, 6) is -1.49. The first-order chi connectivity index (χ1) is 15.5. The molecule has 0 fully saturated rings. The number of hydrogen-bond acceptors (Lipinski definition) is 6. The van der Waals surface area contributed by atoms with Crippen molar-refractivity contribution in [3.63, 3.8) is 0 Å². The van der Waals surface area contributed by atoms with Gasteiger partial charge in [-0.05, 0) is 31.7 Å². The molecule has 8 nitrogen and oxygen atoms in total. The molecule has 0 saturated heterocycles. The van der Waals surface area contributed by atoms with Crippen molar-refractivity contribution in [1.82, 2.24) is 10.6 Å². The lowest BCUT2D eigenvalue weighted by Crippen LogP contribution is -2.46. The van der Waals surface area contributed by atoms with Gasteiger partial charge in [0.2, 0.25) is 11.8 Å². The van der Waals surface area contributed by atoms with Crippen LogP contribution < -0.4 is 10.6 Å². The predicted octanol–water partition coefficient (Wildman–Crippen LogP) is 1.86. The lowest BCUT2D eigenvalue weighted by molar-refractivity contribution is -0.146. The Morgan fingerprint density at radius 1 is 1.28 bits per heavy atom. The lowest BCUT2D eigenvalue weighted by Gasteiger charge is -2.22. The number of benzene rings is 1. The van der Waals surface area contributed by atoms with Crippen LogP contribution in [0.4, 0.5) is 0 Å². The minimum atomic E-state index is -0.578. The highest BCUT2D eigenvalue weighted by molar-refractivity contribution is 5.86. The third-order valence-electron chi connectivity index (χ3n) is 5.05. The number of amides is 2. The van der Waals surface area contributed by atoms with E-state index in [1.54, 1.807) is 6.92 Å². The fourth-order valence-electron chi connectivity index (χ4n) is 3.24. The fraction of sp³-hybridized carbons (Fsp3) is 0.542. The summed E-state index contributed by atoms with van der Waals surface area (Å²) in [6, 6.07) is 8.74. The van der Waals surface area contributed by atoms with Crippen LogP contribution in [0, 0.1) is 5.92 Å². The molecule has 1 aromatic carbocycles. The van der Waals surface area contributed by atoms with Crippen molar-refractivity contribution >= 4 is 17.8 Å². The monoisotopic (exact) mass is 446 g/mol. The van der Waals surface area contributed by atoms with Crippen molar-refractivity contribution in [2.75, 3.05) is 19.8 Å². The number of aliphatic hydroxyl groups excluding tert-OH is 1. The first-order valence-corrected chi connectivity index (χ1v) is 11.1. The summed E-state index contributed by atoms with van der Waals surface area (Å²) >= 11 is 0. The molecule has 176 valence electrons. The summed E-state index contributed by atoms with van der Waals surface area (Å²) in [6.07, 6.45) is 5.85. The van der Waals surface area contributed by atoms with Crippen LogP contribution in [-0.2, 0) is 30.5 Å². The number of carbonyl (C=O) groups is 3. The lowest BCUT2D eigenvalue weighted by atomic mass is 9.98. The first-order valence-electron chi connectivity index (χ1n) is 11.1. The molecule has 0 unspecified atom stereocenters. The van der Waals surface area contributed by atoms with Crippen LogP contribution in [-0.4, -0.2) is 54.8 Å². The molecule has 0 radical (unpaired) electrons. The van der Waals surface area contributed by atoms with Crippen LogP contribution in [0.25, 0.3) is 0 Å². The first kappa shape index (κ1) is 25.5. The molecule has 3 atom stereocenters. The number of nitrogens with one attached hydrogen (secondary N) is 2. The molecule has 2 amide bonds. The number of allylic oxidation sites excluding steroid dienone is 2. The Hall–Kier alpha value is -2.71. The summed E-state index contributed by atoms with van der Waals surface area (Å²) in [7, 11) is 0. The van der Waals surface area contributed by atoms with E-state index in [-0.39, 0.29) is 50.1 Å². The zero-order valence-electron chi connectivity index (χ0n) is 18.6. The van der Waals surface area contributed by atoms with E-state index in [0.29, 0.717) is 32.3 Å². The molecule has 0 saturated carbocycles. The van der Waals surface area contributed by atoms with Crippen LogP contribution in [0.2, 0.25) is 0 Å². The summed E-state index contributed by atoms with van der Waals surface area (Å²) in [5, 5.41) is 14.7. The van der Waals surface area contributed by atoms with E-state index in [2.05, 4.69) is 10.6 Å². The van der Waals surface area contributed by atoms with E-state index in [1.165, 1.54) is 0 Å². The molecule has 2 rings (SSSR count). The van der Waals surface area contributed by atoms with Crippen molar-refractivity contribution in [3.8, 4) is 0 Å². The summed E-state index contributed by atoms with van der Waals surface area (Å²) in [6.45, 7) is 2.07. The molecule has 0 bridgehead atoms. The Bertz CT molecular complexity index is 752. The van der Waals surface area contributed by atoms with E-state index in [4.69, 9.17) is 14.6 Å². The number of ether oxygens (including phenoxy) is 2. The van der Waals surface area contributed by atoms with E-state index in [9.17, 15) is 14.4 Å². The van der Waals surface area contributed by atoms with E-state index in [0.717, 1.165) is 5.56 Å². The second-order valence-corrected chi connectivity index (χ2v) is 8.04. The van der Waals surface area contributed by atoms with Gasteiger partial charge in [-0.1, -0.05) is 42.5 Å². The van der Waals surface area contributed by atoms with Crippen LogP contribution in [0.5, 0.6) is 0 Å². The van der Waals surface area contributed by atoms with Gasteiger partial charge in [0.05, 0.1) is 31.8 Å². The third kappa shape index (κ3) is 10.1. The smallest absolute Gasteiger partial charge is 0.305 e. The molecule has 0 spiro atoms. The van der Waals surface area contributed by atoms with E-state index < -0.39 is 12.0 Å². The SMILES string of the molecule is C[C@H](CO)NC(=O)C[C@H]1CC=CCCCC(=O)OC[C@H](COCc2ccccc2)NC1=O. The van der Waals surface area contributed by atoms with Crippen molar-refractivity contribution < 1.29 is 29.0 Å². The molecule has 1 aliphatic heterocycles. The molecule has 0 aromatic heterocycles. The van der Waals surface area contributed by atoms with Crippen molar-refractivity contribution in [2.24, 2.45) is 5.92 Å². The molecule has 1 aromatic rings. The highest BCUT2D eigenvalue weighted by Gasteiger charge is 2.25. The second-order valence-electron chi connectivity index (χ2n) is 8.04. The van der Waals surface area contributed by atoms with Crippen molar-refractivity contribution in [2.45, 2.75) is 57.7 Å². The standard InChI is InChI=1S/C24H34N2O6/c1-18(14-27)25-22(28)13-20-11-7-2-3-8-12-23(29)32-17-21(26-24(20)30)16-31-15-19-9-5-4-6-10-19/h2,4-7,9-10,18,20-21,27H,3,8,11-17H2,1H3,(H,25,28)(H,26,30)/t18-,20-,21+/m1/s1. The summed E-state index contributed by atoms with van der Waals surface area (Å²) < 4.78 is 11.1. The van der Waals surface area contributed by atoms with Crippen molar-refractivity contribution in [1.29, 1.82) is 0 Å². The highest BCUT2D eigenvalue weighted by Crippen LogP contribution is 2.13. The van der Waals surface area contributed by atoms with Gasteiger partial charge in [0.15, 0.2) is 0 Å². The van der Waals surface area contributed by atoms with Gasteiger partial charge in [0, 0.05) is 18.9 Å². The molecule has 1 aliphatic rings. The average molecular weight is 447 g/mol. The van der Waals surface area contributed by atoms with Gasteiger partial charge in [-0.2, -0.15) is 0 Å².